The molecular weight excluding hydrogens is 192 g/mol. The van der Waals surface area contributed by atoms with Gasteiger partial charge in [0.05, 0.1) is 5.92 Å². The molecule has 0 amide bonds. The monoisotopic (exact) mass is 204 g/mol. The first-order valence-electron chi connectivity index (χ1n) is 4.20. The molecule has 4 atom stereocenters. The maximum atomic E-state index is 10.8. The molecule has 2 fully saturated rings. The fraction of sp³-hybridized carbons (Fsp3) is 0.875. The van der Waals surface area contributed by atoms with E-state index in [1.54, 1.807) is 11.8 Å². The lowest BCUT2D eigenvalue weighted by atomic mass is 9.70. The van der Waals surface area contributed by atoms with Crippen LogP contribution in [0.25, 0.3) is 0 Å². The highest BCUT2D eigenvalue weighted by Crippen LogP contribution is 2.55. The first-order chi connectivity index (χ1) is 6.08. The van der Waals surface area contributed by atoms with Crippen molar-refractivity contribution in [2.75, 3.05) is 12.9 Å². The second kappa shape index (κ2) is 2.87. The van der Waals surface area contributed by atoms with Gasteiger partial charge in [-0.2, -0.15) is 11.8 Å². The summed E-state index contributed by atoms with van der Waals surface area (Å²) >= 11 is 1.63. The summed E-state index contributed by atoms with van der Waals surface area (Å²) in [5, 5.41) is 19.0. The molecule has 0 bridgehead atoms. The van der Waals surface area contributed by atoms with Crippen LogP contribution in [0.1, 0.15) is 6.42 Å². The fourth-order valence-electron chi connectivity index (χ4n) is 2.19. The molecule has 4 nitrogen and oxygen atoms in total. The predicted octanol–water partition coefficient (Wildman–Crippen LogP) is 0.158. The minimum atomic E-state index is -1.18. The third-order valence-electron chi connectivity index (χ3n) is 3.01. The summed E-state index contributed by atoms with van der Waals surface area (Å²) in [6.07, 6.45) is 0.558. The second-order valence-corrected chi connectivity index (χ2v) is 4.87. The molecule has 1 aliphatic carbocycles. The number of carboxylic acids is 1. The second-order valence-electron chi connectivity index (χ2n) is 3.60. The summed E-state index contributed by atoms with van der Waals surface area (Å²) in [6.45, 7) is 0. The van der Waals surface area contributed by atoms with E-state index in [1.807, 2.05) is 0 Å². The summed E-state index contributed by atoms with van der Waals surface area (Å²) < 4.78 is 4.95. The van der Waals surface area contributed by atoms with Gasteiger partial charge in [-0.05, 0) is 0 Å². The van der Waals surface area contributed by atoms with Gasteiger partial charge in [0.2, 0.25) is 0 Å². The molecule has 0 aromatic rings. The van der Waals surface area contributed by atoms with E-state index in [0.29, 0.717) is 12.2 Å². The van der Waals surface area contributed by atoms with E-state index in [0.717, 1.165) is 0 Å². The van der Waals surface area contributed by atoms with Crippen molar-refractivity contribution in [3.05, 3.63) is 0 Å². The average molecular weight is 204 g/mol. The maximum absolute atomic E-state index is 10.8. The smallest absolute Gasteiger partial charge is 0.307 e. The summed E-state index contributed by atoms with van der Waals surface area (Å²) in [5.41, 5.74) is 0. The van der Waals surface area contributed by atoms with Crippen molar-refractivity contribution >= 4 is 17.7 Å². The van der Waals surface area contributed by atoms with Crippen molar-refractivity contribution in [2.24, 2.45) is 11.8 Å². The molecule has 1 saturated carbocycles. The number of thioether (sulfide) groups is 1. The van der Waals surface area contributed by atoms with Gasteiger partial charge in [-0.3, -0.25) is 4.79 Å². The Labute approximate surface area is 80.3 Å². The number of aliphatic hydroxyl groups is 1. The van der Waals surface area contributed by atoms with Crippen LogP contribution in [-0.2, 0) is 9.53 Å². The molecule has 5 heteroatoms. The number of rotatable bonds is 2. The normalized spacial score (nSPS) is 48.3. The van der Waals surface area contributed by atoms with Gasteiger partial charge in [0.25, 0.3) is 0 Å². The summed E-state index contributed by atoms with van der Waals surface area (Å²) in [5.74, 6) is -2.09. The highest BCUT2D eigenvalue weighted by Gasteiger charge is 2.62. The van der Waals surface area contributed by atoms with E-state index in [1.165, 1.54) is 7.11 Å². The van der Waals surface area contributed by atoms with Crippen LogP contribution in [0, 0.1) is 11.8 Å². The van der Waals surface area contributed by atoms with Crippen molar-refractivity contribution in [2.45, 2.75) is 17.5 Å². The quantitative estimate of drug-likeness (QED) is 0.627. The number of carbonyl (C=O) groups is 1. The predicted molar refractivity (Wildman–Crippen MR) is 47.4 cm³/mol. The first kappa shape index (κ1) is 9.30. The van der Waals surface area contributed by atoms with Crippen LogP contribution in [0.3, 0.4) is 0 Å². The highest BCUT2D eigenvalue weighted by atomic mass is 32.2. The zero-order chi connectivity index (χ0) is 9.64. The van der Waals surface area contributed by atoms with Crippen molar-refractivity contribution in [1.82, 2.24) is 0 Å². The molecule has 74 valence electrons. The fourth-order valence-corrected chi connectivity index (χ4v) is 3.96. The van der Waals surface area contributed by atoms with Crippen LogP contribution in [0.2, 0.25) is 0 Å². The van der Waals surface area contributed by atoms with Crippen LogP contribution in [0.5, 0.6) is 0 Å². The van der Waals surface area contributed by atoms with Crippen LogP contribution < -0.4 is 0 Å². The van der Waals surface area contributed by atoms with Gasteiger partial charge in [0.1, 0.15) is 0 Å². The van der Waals surface area contributed by atoms with Crippen molar-refractivity contribution in [3.8, 4) is 0 Å². The molecule has 13 heavy (non-hydrogen) atoms. The number of fused-ring (bicyclic) bond motifs is 1. The third-order valence-corrected chi connectivity index (χ3v) is 4.45. The molecule has 2 N–H and O–H groups in total. The maximum Gasteiger partial charge on any atom is 0.307 e. The Kier molecular flexibility index (Phi) is 2.05. The van der Waals surface area contributed by atoms with E-state index in [9.17, 15) is 9.90 Å². The van der Waals surface area contributed by atoms with E-state index in [2.05, 4.69) is 0 Å². The summed E-state index contributed by atoms with van der Waals surface area (Å²) in [7, 11) is 1.43. The molecule has 1 heterocycles. The Bertz CT molecular complexity index is 244. The Balaban J connectivity index is 2.15. The highest BCUT2D eigenvalue weighted by molar-refractivity contribution is 8.00. The van der Waals surface area contributed by atoms with Gasteiger partial charge in [0, 0.05) is 30.5 Å². The van der Waals surface area contributed by atoms with Crippen LogP contribution in [0.15, 0.2) is 0 Å². The van der Waals surface area contributed by atoms with Gasteiger partial charge in [-0.15, -0.1) is 0 Å². The van der Waals surface area contributed by atoms with Crippen molar-refractivity contribution in [1.29, 1.82) is 0 Å². The zero-order valence-electron chi connectivity index (χ0n) is 7.27. The molecule has 4 unspecified atom stereocenters. The first-order valence-corrected chi connectivity index (χ1v) is 5.25. The number of aliphatic carboxylic acids is 1. The summed E-state index contributed by atoms with van der Waals surface area (Å²) in [6, 6.07) is 0. The largest absolute Gasteiger partial charge is 0.481 e. The van der Waals surface area contributed by atoms with E-state index >= 15 is 0 Å². The van der Waals surface area contributed by atoms with Crippen LogP contribution >= 0.6 is 11.8 Å². The average Bonchev–Trinajstić information content (AvgIpc) is 2.42. The van der Waals surface area contributed by atoms with E-state index in [-0.39, 0.29) is 11.2 Å². The lowest BCUT2D eigenvalue weighted by molar-refractivity contribution is -0.274. The number of hydrogen-bond acceptors (Lipinski definition) is 4. The SMILES string of the molecule is COC1(O)CC2SCC(C(=O)O)C21. The number of methoxy groups -OCH3 is 1. The zero-order valence-corrected chi connectivity index (χ0v) is 8.08. The standard InChI is InChI=1S/C8H12O4S/c1-12-8(11)2-5-6(8)4(3-13-5)7(9)10/h4-6,11H,2-3H2,1H3,(H,9,10). The third kappa shape index (κ3) is 1.18. The molecule has 0 aromatic heterocycles. The van der Waals surface area contributed by atoms with Gasteiger partial charge in [-0.25, -0.2) is 0 Å². The van der Waals surface area contributed by atoms with Gasteiger partial charge in [0.15, 0.2) is 5.79 Å². The summed E-state index contributed by atoms with van der Waals surface area (Å²) in [4.78, 5) is 10.8. The number of ether oxygens (including phenoxy) is 1. The Morgan fingerprint density at radius 2 is 2.38 bits per heavy atom. The van der Waals surface area contributed by atoms with Gasteiger partial charge >= 0.3 is 5.97 Å². The van der Waals surface area contributed by atoms with Gasteiger partial charge in [-0.1, -0.05) is 0 Å². The molecule has 1 saturated heterocycles. The minimum Gasteiger partial charge on any atom is -0.481 e. The number of carboxylic acid groups (broad SMARTS) is 1. The van der Waals surface area contributed by atoms with E-state index < -0.39 is 17.7 Å². The van der Waals surface area contributed by atoms with Crippen molar-refractivity contribution < 1.29 is 19.7 Å². The lowest BCUT2D eigenvalue weighted by Crippen LogP contribution is -2.58. The minimum absolute atomic E-state index is 0.222. The lowest BCUT2D eigenvalue weighted by Gasteiger charge is -2.47. The Hall–Kier alpha value is -0.260. The van der Waals surface area contributed by atoms with Crippen LogP contribution in [-0.4, -0.2) is 40.1 Å². The Morgan fingerprint density at radius 1 is 1.69 bits per heavy atom. The molecule has 2 rings (SSSR count). The molecular formula is C8H12O4S. The van der Waals surface area contributed by atoms with Crippen molar-refractivity contribution in [3.63, 3.8) is 0 Å². The molecule has 0 radical (unpaired) electrons. The Morgan fingerprint density at radius 3 is 2.92 bits per heavy atom. The van der Waals surface area contributed by atoms with E-state index in [4.69, 9.17) is 9.84 Å². The van der Waals surface area contributed by atoms with Crippen LogP contribution in [0.4, 0.5) is 0 Å². The van der Waals surface area contributed by atoms with Gasteiger partial charge < -0.3 is 14.9 Å². The molecule has 0 spiro atoms. The molecule has 0 aromatic carbocycles. The molecule has 2 aliphatic rings. The molecule has 1 aliphatic heterocycles. The topological polar surface area (TPSA) is 66.8 Å². The number of hydrogen-bond donors (Lipinski definition) is 2.